The molecule has 2 fully saturated rings. The van der Waals surface area contributed by atoms with Gasteiger partial charge in [-0.15, -0.1) is 0 Å². The largest absolute Gasteiger partial charge is 0.507 e. The highest BCUT2D eigenvalue weighted by Gasteiger charge is 2.37. The Balaban J connectivity index is 0.000000171. The van der Waals surface area contributed by atoms with E-state index in [4.69, 9.17) is 23.0 Å². The summed E-state index contributed by atoms with van der Waals surface area (Å²) in [6.07, 6.45) is 7.59. The average molecular weight is 1180 g/mol. The van der Waals surface area contributed by atoms with Crippen LogP contribution in [0.2, 0.25) is 0 Å². The van der Waals surface area contributed by atoms with Gasteiger partial charge in [0.25, 0.3) is 0 Å². The monoisotopic (exact) mass is 1180 g/mol. The fourth-order valence-electron chi connectivity index (χ4n) is 12.9. The van der Waals surface area contributed by atoms with Gasteiger partial charge in [-0.3, -0.25) is 19.8 Å². The minimum atomic E-state index is -1.10. The molecule has 88 heavy (non-hydrogen) atoms. The third-order valence-electron chi connectivity index (χ3n) is 17.5. The minimum absolute atomic E-state index is 0.0191. The number of methoxy groups -OCH3 is 1. The van der Waals surface area contributed by atoms with Crippen LogP contribution in [-0.4, -0.2) is 142 Å². The van der Waals surface area contributed by atoms with Crippen LogP contribution in [-0.2, 0) is 13.0 Å². The molecule has 0 aliphatic carbocycles. The molecule has 0 spiro atoms. The third kappa shape index (κ3) is 11.4. The van der Waals surface area contributed by atoms with Gasteiger partial charge in [-0.2, -0.15) is 0 Å². The summed E-state index contributed by atoms with van der Waals surface area (Å²) in [6.45, 7) is 12.5. The third-order valence-corrected chi connectivity index (χ3v) is 17.5. The minimum Gasteiger partial charge on any atom is -0.507 e. The number of aromatic hydroxyl groups is 2. The van der Waals surface area contributed by atoms with E-state index >= 15 is 0 Å². The summed E-state index contributed by atoms with van der Waals surface area (Å²) in [7, 11) is 5.84. The number of ether oxygens (including phenoxy) is 3. The predicted octanol–water partition coefficient (Wildman–Crippen LogP) is 12.7. The van der Waals surface area contributed by atoms with Crippen molar-refractivity contribution in [3.8, 4) is 28.7 Å². The number of rotatable bonds is 16. The maximum atomic E-state index is 12.6. The number of likely N-dealkylation sites (N-methyl/N-ethyl adjacent to an activating group) is 2. The highest BCUT2D eigenvalue weighted by atomic mass is 16.5. The number of benzene rings is 7. The van der Waals surface area contributed by atoms with Crippen LogP contribution < -0.4 is 14.2 Å². The topological polar surface area (TPSA) is 208 Å². The molecule has 2 aliphatic rings. The van der Waals surface area contributed by atoms with E-state index in [9.17, 15) is 30.0 Å². The van der Waals surface area contributed by atoms with Crippen LogP contribution in [0, 0.1) is 20.8 Å². The number of phenols is 2. The van der Waals surface area contributed by atoms with E-state index < -0.39 is 24.0 Å². The average Bonchev–Trinajstić information content (AvgIpc) is 1.72. The second kappa shape index (κ2) is 25.1. The number of nitrogens with zero attached hydrogens (tertiary/aromatic N) is 6. The second-order valence-electron chi connectivity index (χ2n) is 22.9. The van der Waals surface area contributed by atoms with Crippen LogP contribution in [0.25, 0.3) is 54.3 Å². The lowest BCUT2D eigenvalue weighted by Gasteiger charge is -2.39. The van der Waals surface area contributed by atoms with Crippen molar-refractivity contribution in [2.24, 2.45) is 0 Å². The maximum Gasteiger partial charge on any atom is 0.339 e. The number of hydrogen-bond donors (Lipinski definition) is 4. The summed E-state index contributed by atoms with van der Waals surface area (Å²) in [5.74, 6) is 0.468. The Hall–Kier alpha value is -9.52. The first-order chi connectivity index (χ1) is 42.7. The number of furan rings is 2. The van der Waals surface area contributed by atoms with Gasteiger partial charge in [-0.05, 0) is 146 Å². The molecular formula is C71H70N6O11. The highest BCUT2D eigenvalue weighted by Crippen LogP contribution is 2.50. The Morgan fingerprint density at radius 2 is 1.05 bits per heavy atom. The molecule has 6 heterocycles. The van der Waals surface area contributed by atoms with Crippen molar-refractivity contribution in [3.05, 3.63) is 208 Å². The summed E-state index contributed by atoms with van der Waals surface area (Å²) in [5.41, 5.74) is 7.12. The van der Waals surface area contributed by atoms with Crippen LogP contribution >= 0.6 is 0 Å². The number of fused-ring (bicyclic) bond motifs is 7. The Morgan fingerprint density at radius 1 is 0.557 bits per heavy atom. The molecular weight excluding hydrogens is 1110 g/mol. The zero-order chi connectivity index (χ0) is 61.3. The van der Waals surface area contributed by atoms with Gasteiger partial charge in [-0.1, -0.05) is 48.5 Å². The van der Waals surface area contributed by atoms with E-state index in [0.29, 0.717) is 97.3 Å². The molecule has 0 saturated carbocycles. The quantitative estimate of drug-likeness (QED) is 0.0709. The highest BCUT2D eigenvalue weighted by molar-refractivity contribution is 6.18. The van der Waals surface area contributed by atoms with Crippen molar-refractivity contribution in [1.29, 1.82) is 0 Å². The lowest BCUT2D eigenvalue weighted by molar-refractivity contribution is 0.0685. The summed E-state index contributed by atoms with van der Waals surface area (Å²) >= 11 is 0. The van der Waals surface area contributed by atoms with Gasteiger partial charge in [0, 0.05) is 127 Å². The van der Waals surface area contributed by atoms with Crippen molar-refractivity contribution in [2.45, 2.75) is 45.9 Å². The Labute approximate surface area is 509 Å². The van der Waals surface area contributed by atoms with Gasteiger partial charge < -0.3 is 53.3 Å². The molecule has 2 atom stereocenters. The molecule has 4 N–H and O–H groups in total. The van der Waals surface area contributed by atoms with E-state index in [1.807, 2.05) is 91.9 Å². The van der Waals surface area contributed by atoms with E-state index in [1.165, 1.54) is 5.39 Å². The standard InChI is InChI=1S/C36H33N3O5.C35H37N3O6/c1-22-30(36(41)42)31-32(33(25-11-13-37-14-12-25)39-17-15-38(2)16-18-39)34(40)29-20-27(9-10-28(29)35(31)44-22)43-21-23-7-8-24-5-3-4-6-26(24)19-23;1-21-23(6-5-7-28(21)42-4)12-19-43-25-8-9-26-27(20-25)33(39)31(30-29(35(40)41)22(2)44-34(26)30)32(24-10-13-36-14-11-24)38-17-15-37(3)16-18-38/h3-14,19-20,33,40H,15-18,21H2,1-2H3,(H,41,42);5-11,13-14,20,32,39H,12,15-19H2,1-4H3,(H,40,41). The molecule has 2 unspecified atom stereocenters. The SMILES string of the molecule is COc1cccc(CCOc2ccc3c(c2)c(O)c(C(c2ccncc2)N2CCN(C)CC2)c2c(C(=O)O)c(C)oc23)c1C.Cc1oc2c(c1C(=O)O)c(C(c1ccncc1)N1CCN(C)CC1)c(O)c1cc(OCc3ccc4ccccc4c3)ccc12. The summed E-state index contributed by atoms with van der Waals surface area (Å²) in [5, 5.41) is 50.5. The molecule has 0 bridgehead atoms. The van der Waals surface area contributed by atoms with E-state index in [-0.39, 0.29) is 22.6 Å². The van der Waals surface area contributed by atoms with Gasteiger partial charge in [0.1, 0.15) is 69.2 Å². The van der Waals surface area contributed by atoms with Crippen LogP contribution in [0.1, 0.15) is 83.3 Å². The second-order valence-corrected chi connectivity index (χ2v) is 22.9. The molecule has 17 heteroatoms. The van der Waals surface area contributed by atoms with Crippen LogP contribution in [0.4, 0.5) is 0 Å². The van der Waals surface area contributed by atoms with Gasteiger partial charge in [0.2, 0.25) is 0 Å². The molecule has 450 valence electrons. The molecule has 11 aromatic rings. The molecule has 2 saturated heterocycles. The number of piperazine rings is 2. The number of carboxylic acid groups (broad SMARTS) is 2. The molecule has 17 nitrogen and oxygen atoms in total. The Morgan fingerprint density at radius 3 is 1.53 bits per heavy atom. The fraction of sp³-hybridized carbons (Fsp3) is 0.268. The van der Waals surface area contributed by atoms with Crippen molar-refractivity contribution >= 4 is 66.2 Å². The molecule has 0 radical (unpaired) electrons. The molecule has 2 aliphatic heterocycles. The normalized spacial score (nSPS) is 15.2. The summed E-state index contributed by atoms with van der Waals surface area (Å²) in [4.78, 5) is 42.8. The molecule has 4 aromatic heterocycles. The van der Waals surface area contributed by atoms with E-state index in [0.717, 1.165) is 91.3 Å². The van der Waals surface area contributed by atoms with Crippen molar-refractivity contribution in [2.75, 3.05) is 80.2 Å². The van der Waals surface area contributed by atoms with Crippen LogP contribution in [0.5, 0.6) is 28.7 Å². The summed E-state index contributed by atoms with van der Waals surface area (Å²) < 4.78 is 30.3. The number of aryl methyl sites for hydroxylation is 2. The van der Waals surface area contributed by atoms with Crippen molar-refractivity contribution in [3.63, 3.8) is 0 Å². The number of carbonyl (C=O) groups is 2. The number of carboxylic acids is 2. The van der Waals surface area contributed by atoms with Gasteiger partial charge in [-0.25, -0.2) is 9.59 Å². The zero-order valence-electron chi connectivity index (χ0n) is 50.1. The van der Waals surface area contributed by atoms with Crippen molar-refractivity contribution < 1.29 is 53.1 Å². The first-order valence-corrected chi connectivity index (χ1v) is 29.6. The number of phenolic OH excluding ortho intramolecular Hbond substituents is 2. The van der Waals surface area contributed by atoms with Gasteiger partial charge >= 0.3 is 11.9 Å². The zero-order valence-corrected chi connectivity index (χ0v) is 50.1. The maximum absolute atomic E-state index is 12.6. The van der Waals surface area contributed by atoms with E-state index in [2.05, 4.69) is 80.1 Å². The number of aromatic nitrogens is 2. The number of aromatic carboxylic acids is 2. The number of hydrogen-bond acceptors (Lipinski definition) is 15. The van der Waals surface area contributed by atoms with Crippen molar-refractivity contribution in [1.82, 2.24) is 29.6 Å². The Kier molecular flexibility index (Phi) is 16.8. The molecule has 7 aromatic carbocycles. The molecule has 13 rings (SSSR count). The smallest absolute Gasteiger partial charge is 0.339 e. The lowest BCUT2D eigenvalue weighted by Crippen LogP contribution is -2.46. The summed E-state index contributed by atoms with van der Waals surface area (Å²) in [6, 6.07) is 38.3. The van der Waals surface area contributed by atoms with Gasteiger partial charge in [0.15, 0.2) is 0 Å². The van der Waals surface area contributed by atoms with E-state index in [1.54, 1.807) is 45.7 Å². The first kappa shape index (κ1) is 58.8. The lowest BCUT2D eigenvalue weighted by atomic mass is 9.89. The van der Waals surface area contributed by atoms with Gasteiger partial charge in [0.05, 0.1) is 25.8 Å². The van der Waals surface area contributed by atoms with Crippen LogP contribution in [0.15, 0.2) is 155 Å². The predicted molar refractivity (Wildman–Crippen MR) is 340 cm³/mol. The van der Waals surface area contributed by atoms with Crippen LogP contribution in [0.3, 0.4) is 0 Å². The molecule has 0 amide bonds. The fourth-order valence-corrected chi connectivity index (χ4v) is 12.9. The first-order valence-electron chi connectivity index (χ1n) is 29.6. The Bertz CT molecular complexity index is 4400. The number of pyridine rings is 2.